The normalized spacial score (nSPS) is 35.6. The van der Waals surface area contributed by atoms with Gasteiger partial charge in [0.15, 0.2) is 0 Å². The van der Waals surface area contributed by atoms with Crippen LogP contribution in [0.15, 0.2) is 0 Å². The van der Waals surface area contributed by atoms with E-state index in [1.54, 1.807) is 0 Å². The van der Waals surface area contributed by atoms with Gasteiger partial charge in [0.1, 0.15) is 0 Å². The minimum Gasteiger partial charge on any atom is -0.465 e. The van der Waals surface area contributed by atoms with Crippen LogP contribution in [0.5, 0.6) is 0 Å². The van der Waals surface area contributed by atoms with Crippen LogP contribution in [0.2, 0.25) is 0 Å². The summed E-state index contributed by atoms with van der Waals surface area (Å²) in [6, 6.07) is 0. The first-order valence-corrected chi connectivity index (χ1v) is 5.43. The smallest absolute Gasteiger partial charge is 0.302 e. The molecule has 0 bridgehead atoms. The number of carbonyl (C=O) groups is 1. The van der Waals surface area contributed by atoms with E-state index in [1.807, 2.05) is 0 Å². The maximum absolute atomic E-state index is 10.8. The predicted molar refractivity (Wildman–Crippen MR) is 56.9 cm³/mol. The third kappa shape index (κ3) is 1.79. The van der Waals surface area contributed by atoms with Gasteiger partial charge in [-0.15, -0.1) is 0 Å². The molecule has 1 saturated carbocycles. The van der Waals surface area contributed by atoms with Crippen LogP contribution in [0, 0.1) is 16.7 Å². The van der Waals surface area contributed by atoms with Gasteiger partial charge in [0.2, 0.25) is 0 Å². The maximum atomic E-state index is 10.8. The Morgan fingerprint density at radius 1 is 1.43 bits per heavy atom. The Morgan fingerprint density at radius 2 is 2.00 bits per heavy atom. The van der Waals surface area contributed by atoms with Gasteiger partial charge < -0.3 is 4.74 Å². The zero-order chi connectivity index (χ0) is 11.0. The second kappa shape index (κ2) is 3.56. The SMILES string of the molecule is CC(=O)OCC1(C)CCC(C)C1(C)C. The molecule has 0 saturated heterocycles. The average molecular weight is 198 g/mol. The third-order valence-electron chi connectivity index (χ3n) is 4.51. The Balaban J connectivity index is 2.69. The lowest BCUT2D eigenvalue weighted by molar-refractivity contribution is -0.146. The number of esters is 1. The predicted octanol–water partition coefficient (Wildman–Crippen LogP) is 3.01. The molecule has 0 radical (unpaired) electrons. The van der Waals surface area contributed by atoms with Gasteiger partial charge in [-0.05, 0) is 24.2 Å². The highest BCUT2D eigenvalue weighted by atomic mass is 16.5. The highest BCUT2D eigenvalue weighted by Gasteiger charge is 2.50. The Bertz CT molecular complexity index is 232. The topological polar surface area (TPSA) is 26.3 Å². The molecule has 1 aliphatic carbocycles. The zero-order valence-corrected chi connectivity index (χ0v) is 10.0. The van der Waals surface area contributed by atoms with Crippen molar-refractivity contribution in [1.29, 1.82) is 0 Å². The van der Waals surface area contributed by atoms with Gasteiger partial charge >= 0.3 is 5.97 Å². The van der Waals surface area contributed by atoms with Crippen molar-refractivity contribution in [3.05, 3.63) is 0 Å². The number of hydrogen-bond acceptors (Lipinski definition) is 2. The maximum Gasteiger partial charge on any atom is 0.302 e. The second-order valence-electron chi connectivity index (χ2n) is 5.50. The standard InChI is InChI=1S/C12H22O2/c1-9-6-7-12(5,11(9,3)4)8-14-10(2)13/h9H,6-8H2,1-5H3. The van der Waals surface area contributed by atoms with Crippen LogP contribution in [0.1, 0.15) is 47.5 Å². The summed E-state index contributed by atoms with van der Waals surface area (Å²) in [5.74, 6) is 0.546. The van der Waals surface area contributed by atoms with Crippen molar-refractivity contribution >= 4 is 5.97 Å². The molecular formula is C12H22O2. The van der Waals surface area contributed by atoms with E-state index < -0.39 is 0 Å². The molecule has 2 nitrogen and oxygen atoms in total. The van der Waals surface area contributed by atoms with E-state index >= 15 is 0 Å². The molecule has 1 aliphatic rings. The van der Waals surface area contributed by atoms with Gasteiger partial charge in [0.05, 0.1) is 6.61 Å². The molecular weight excluding hydrogens is 176 g/mol. The molecule has 0 spiro atoms. The second-order valence-corrected chi connectivity index (χ2v) is 5.50. The van der Waals surface area contributed by atoms with E-state index in [0.29, 0.717) is 12.5 Å². The summed E-state index contributed by atoms with van der Waals surface area (Å²) in [7, 11) is 0. The lowest BCUT2D eigenvalue weighted by atomic mass is 9.66. The summed E-state index contributed by atoms with van der Waals surface area (Å²) in [6.45, 7) is 11.1. The van der Waals surface area contributed by atoms with Crippen molar-refractivity contribution in [1.82, 2.24) is 0 Å². The zero-order valence-electron chi connectivity index (χ0n) is 10.0. The first-order valence-electron chi connectivity index (χ1n) is 5.43. The molecule has 0 aromatic rings. The van der Waals surface area contributed by atoms with Crippen LogP contribution < -0.4 is 0 Å². The van der Waals surface area contributed by atoms with Crippen LogP contribution in [0.4, 0.5) is 0 Å². The fourth-order valence-electron chi connectivity index (χ4n) is 2.33. The summed E-state index contributed by atoms with van der Waals surface area (Å²) in [4.78, 5) is 10.8. The summed E-state index contributed by atoms with van der Waals surface area (Å²) < 4.78 is 5.17. The minimum absolute atomic E-state index is 0.151. The van der Waals surface area contributed by atoms with Gasteiger partial charge in [-0.2, -0.15) is 0 Å². The van der Waals surface area contributed by atoms with Crippen molar-refractivity contribution in [2.24, 2.45) is 16.7 Å². The quantitative estimate of drug-likeness (QED) is 0.637. The number of rotatable bonds is 2. The Kier molecular flexibility index (Phi) is 2.93. The Morgan fingerprint density at radius 3 is 2.36 bits per heavy atom. The average Bonchev–Trinajstić information content (AvgIpc) is 2.27. The monoisotopic (exact) mass is 198 g/mol. The molecule has 0 aliphatic heterocycles. The van der Waals surface area contributed by atoms with Crippen molar-refractivity contribution < 1.29 is 9.53 Å². The van der Waals surface area contributed by atoms with Gasteiger partial charge in [0, 0.05) is 12.3 Å². The molecule has 0 aromatic carbocycles. The van der Waals surface area contributed by atoms with Gasteiger partial charge in [0.25, 0.3) is 0 Å². The van der Waals surface area contributed by atoms with Crippen LogP contribution in [-0.2, 0) is 9.53 Å². The van der Waals surface area contributed by atoms with Gasteiger partial charge in [-0.25, -0.2) is 0 Å². The molecule has 14 heavy (non-hydrogen) atoms. The first-order chi connectivity index (χ1) is 6.29. The summed E-state index contributed by atoms with van der Waals surface area (Å²) in [5, 5.41) is 0. The largest absolute Gasteiger partial charge is 0.465 e. The van der Waals surface area contributed by atoms with Crippen LogP contribution in [0.25, 0.3) is 0 Å². The molecule has 0 heterocycles. The molecule has 2 atom stereocenters. The van der Waals surface area contributed by atoms with Crippen molar-refractivity contribution in [2.75, 3.05) is 6.61 Å². The van der Waals surface area contributed by atoms with Crippen molar-refractivity contribution in [3.8, 4) is 0 Å². The van der Waals surface area contributed by atoms with Gasteiger partial charge in [-0.3, -0.25) is 4.79 Å². The molecule has 0 amide bonds. The van der Waals surface area contributed by atoms with Gasteiger partial charge in [-0.1, -0.05) is 27.7 Å². The molecule has 1 rings (SSSR count). The lowest BCUT2D eigenvalue weighted by Gasteiger charge is -2.40. The van der Waals surface area contributed by atoms with E-state index in [-0.39, 0.29) is 16.8 Å². The summed E-state index contributed by atoms with van der Waals surface area (Å²) in [5.41, 5.74) is 0.417. The minimum atomic E-state index is -0.165. The van der Waals surface area contributed by atoms with E-state index in [9.17, 15) is 4.79 Å². The van der Waals surface area contributed by atoms with E-state index in [2.05, 4.69) is 27.7 Å². The number of carbonyl (C=O) groups excluding carboxylic acids is 1. The fourth-order valence-corrected chi connectivity index (χ4v) is 2.33. The molecule has 0 aromatic heterocycles. The first kappa shape index (κ1) is 11.5. The highest BCUT2D eigenvalue weighted by Crippen LogP contribution is 2.55. The van der Waals surface area contributed by atoms with Crippen molar-refractivity contribution in [2.45, 2.75) is 47.5 Å². The Hall–Kier alpha value is -0.530. The molecule has 2 unspecified atom stereocenters. The molecule has 82 valence electrons. The molecule has 2 heteroatoms. The van der Waals surface area contributed by atoms with Crippen LogP contribution >= 0.6 is 0 Å². The summed E-state index contributed by atoms with van der Waals surface area (Å²) >= 11 is 0. The van der Waals surface area contributed by atoms with E-state index in [1.165, 1.54) is 13.3 Å². The van der Waals surface area contributed by atoms with Crippen LogP contribution in [-0.4, -0.2) is 12.6 Å². The highest BCUT2D eigenvalue weighted by molar-refractivity contribution is 5.65. The Labute approximate surface area is 87.0 Å². The van der Waals surface area contributed by atoms with E-state index in [4.69, 9.17) is 4.74 Å². The molecule has 0 N–H and O–H groups in total. The van der Waals surface area contributed by atoms with Crippen molar-refractivity contribution in [3.63, 3.8) is 0 Å². The third-order valence-corrected chi connectivity index (χ3v) is 4.51. The van der Waals surface area contributed by atoms with Crippen LogP contribution in [0.3, 0.4) is 0 Å². The molecule has 1 fully saturated rings. The van der Waals surface area contributed by atoms with E-state index in [0.717, 1.165) is 6.42 Å². The summed E-state index contributed by atoms with van der Waals surface area (Å²) in [6.07, 6.45) is 2.40. The fraction of sp³-hybridized carbons (Fsp3) is 0.917. The lowest BCUT2D eigenvalue weighted by Crippen LogP contribution is -2.37. The number of hydrogen-bond donors (Lipinski definition) is 0. The number of ether oxygens (including phenoxy) is 1.